The first-order valence-electron chi connectivity index (χ1n) is 8.35. The summed E-state index contributed by atoms with van der Waals surface area (Å²) in [5.41, 5.74) is 4.07. The topological polar surface area (TPSA) is 74.0 Å². The molecule has 1 saturated heterocycles. The van der Waals surface area contributed by atoms with E-state index < -0.39 is 0 Å². The van der Waals surface area contributed by atoms with Crippen molar-refractivity contribution in [1.29, 1.82) is 0 Å². The fourth-order valence-corrected chi connectivity index (χ4v) is 3.38. The highest BCUT2D eigenvalue weighted by atomic mass is 16.5. The monoisotopic (exact) mass is 331 g/mol. The van der Waals surface area contributed by atoms with Crippen LogP contribution in [0.4, 0.5) is 0 Å². The third-order valence-corrected chi connectivity index (χ3v) is 4.91. The molecule has 24 heavy (non-hydrogen) atoms. The molecule has 0 bridgehead atoms. The second kappa shape index (κ2) is 6.76. The molecule has 1 N–H and O–H groups in total. The molecular weight excluding hydrogens is 306 g/mol. The van der Waals surface area contributed by atoms with Crippen molar-refractivity contribution in [2.75, 3.05) is 6.61 Å². The average Bonchev–Trinajstić information content (AvgIpc) is 3.09. The van der Waals surface area contributed by atoms with Crippen molar-refractivity contribution in [3.05, 3.63) is 34.9 Å². The molecule has 7 heteroatoms. The lowest BCUT2D eigenvalue weighted by Gasteiger charge is -2.30. The Morgan fingerprint density at radius 2 is 2.17 bits per heavy atom. The number of nitrogens with one attached hydrogen (secondary N) is 1. The summed E-state index contributed by atoms with van der Waals surface area (Å²) < 4.78 is 9.53. The van der Waals surface area contributed by atoms with E-state index in [1.54, 1.807) is 10.9 Å². The van der Waals surface area contributed by atoms with E-state index in [4.69, 9.17) is 4.74 Å². The molecular formula is C17H25N5O2. The van der Waals surface area contributed by atoms with Gasteiger partial charge in [0.1, 0.15) is 6.10 Å². The van der Waals surface area contributed by atoms with Gasteiger partial charge in [-0.25, -0.2) is 0 Å². The van der Waals surface area contributed by atoms with E-state index in [0.29, 0.717) is 13.2 Å². The van der Waals surface area contributed by atoms with Gasteiger partial charge >= 0.3 is 0 Å². The van der Waals surface area contributed by atoms with Crippen molar-refractivity contribution in [3.63, 3.8) is 0 Å². The van der Waals surface area contributed by atoms with E-state index in [9.17, 15) is 4.79 Å². The normalized spacial score (nSPS) is 21.0. The molecule has 2 aromatic heterocycles. The van der Waals surface area contributed by atoms with Crippen LogP contribution >= 0.6 is 0 Å². The maximum atomic E-state index is 12.8. The van der Waals surface area contributed by atoms with Crippen molar-refractivity contribution in [3.8, 4) is 0 Å². The minimum Gasteiger partial charge on any atom is -0.371 e. The molecule has 0 saturated carbocycles. The largest absolute Gasteiger partial charge is 0.371 e. The van der Waals surface area contributed by atoms with Gasteiger partial charge in [-0.3, -0.25) is 14.2 Å². The highest BCUT2D eigenvalue weighted by Crippen LogP contribution is 2.33. The van der Waals surface area contributed by atoms with E-state index in [2.05, 4.69) is 15.5 Å². The molecule has 130 valence electrons. The molecule has 3 heterocycles. The maximum absolute atomic E-state index is 12.8. The summed E-state index contributed by atoms with van der Waals surface area (Å²) in [7, 11) is 3.80. The lowest BCUT2D eigenvalue weighted by Crippen LogP contribution is -2.38. The molecule has 2 atom stereocenters. The van der Waals surface area contributed by atoms with Gasteiger partial charge < -0.3 is 10.1 Å². The van der Waals surface area contributed by atoms with Crippen LogP contribution < -0.4 is 5.32 Å². The Morgan fingerprint density at radius 1 is 1.38 bits per heavy atom. The molecule has 3 rings (SSSR count). The second-order valence-electron chi connectivity index (χ2n) is 6.41. The zero-order chi connectivity index (χ0) is 17.3. The van der Waals surface area contributed by atoms with E-state index in [1.165, 1.54) is 0 Å². The maximum Gasteiger partial charge on any atom is 0.226 e. The van der Waals surface area contributed by atoms with Crippen LogP contribution in [0.1, 0.15) is 41.6 Å². The number of hydrogen-bond acceptors (Lipinski definition) is 4. The van der Waals surface area contributed by atoms with E-state index in [-0.39, 0.29) is 17.9 Å². The summed E-state index contributed by atoms with van der Waals surface area (Å²) in [5, 5.41) is 11.7. The minimum absolute atomic E-state index is 0.0311. The molecule has 1 aliphatic rings. The summed E-state index contributed by atoms with van der Waals surface area (Å²) in [6.45, 7) is 5.17. The highest BCUT2D eigenvalue weighted by molar-refractivity contribution is 5.79. The molecule has 0 aliphatic carbocycles. The zero-order valence-corrected chi connectivity index (χ0v) is 14.7. The Kier molecular flexibility index (Phi) is 4.71. The van der Waals surface area contributed by atoms with Crippen LogP contribution in [-0.2, 0) is 30.2 Å². The number of carbonyl (C=O) groups is 1. The SMILES string of the molecule is Cc1nn(C)c(C)c1CNC(=O)[C@@H]1CCCO[C@H]1c1ccnn1C. The standard InChI is InChI=1S/C17H25N5O2/c1-11-14(12(2)21(3)20-11)10-18-17(23)13-6-5-9-24-16(13)15-7-8-19-22(15)4/h7-8,13,16H,5-6,9-10H2,1-4H3,(H,18,23)/t13-,16-/m1/s1. The number of aryl methyl sites for hydroxylation is 3. The Labute approximate surface area is 142 Å². The molecule has 1 fully saturated rings. The fraction of sp³-hybridized carbons (Fsp3) is 0.588. The summed E-state index contributed by atoms with van der Waals surface area (Å²) >= 11 is 0. The van der Waals surface area contributed by atoms with Crippen molar-refractivity contribution in [2.45, 2.75) is 39.3 Å². The summed E-state index contributed by atoms with van der Waals surface area (Å²) in [4.78, 5) is 12.8. The van der Waals surface area contributed by atoms with Gasteiger partial charge in [-0.2, -0.15) is 10.2 Å². The van der Waals surface area contributed by atoms with Crippen molar-refractivity contribution >= 4 is 5.91 Å². The summed E-state index contributed by atoms with van der Waals surface area (Å²) in [6.07, 6.45) is 3.23. The third kappa shape index (κ3) is 3.08. The van der Waals surface area contributed by atoms with Gasteiger partial charge in [0.2, 0.25) is 5.91 Å². The van der Waals surface area contributed by atoms with E-state index in [0.717, 1.165) is 35.5 Å². The van der Waals surface area contributed by atoms with Crippen LogP contribution in [0.15, 0.2) is 12.3 Å². The predicted octanol–water partition coefficient (Wildman–Crippen LogP) is 1.55. The lowest BCUT2D eigenvalue weighted by atomic mass is 9.91. The highest BCUT2D eigenvalue weighted by Gasteiger charge is 2.34. The van der Waals surface area contributed by atoms with Gasteiger partial charge in [0, 0.05) is 44.7 Å². The van der Waals surface area contributed by atoms with Crippen molar-refractivity contribution < 1.29 is 9.53 Å². The lowest BCUT2D eigenvalue weighted by molar-refractivity contribution is -0.135. The van der Waals surface area contributed by atoms with Crippen LogP contribution in [0, 0.1) is 19.8 Å². The van der Waals surface area contributed by atoms with Gasteiger partial charge in [-0.05, 0) is 32.8 Å². The molecule has 7 nitrogen and oxygen atoms in total. The van der Waals surface area contributed by atoms with E-state index >= 15 is 0 Å². The van der Waals surface area contributed by atoms with Gasteiger partial charge in [-0.1, -0.05) is 0 Å². The first-order chi connectivity index (χ1) is 11.5. The predicted molar refractivity (Wildman–Crippen MR) is 89.2 cm³/mol. The Hall–Kier alpha value is -2.15. The quantitative estimate of drug-likeness (QED) is 0.922. The number of amides is 1. The molecule has 0 spiro atoms. The Bertz CT molecular complexity index is 733. The van der Waals surface area contributed by atoms with Crippen LogP contribution in [0.3, 0.4) is 0 Å². The number of nitrogens with zero attached hydrogens (tertiary/aromatic N) is 4. The summed E-state index contributed by atoms with van der Waals surface area (Å²) in [5.74, 6) is -0.157. The average molecular weight is 331 g/mol. The molecule has 2 aromatic rings. The molecule has 1 amide bonds. The third-order valence-electron chi connectivity index (χ3n) is 4.91. The van der Waals surface area contributed by atoms with Crippen LogP contribution in [0.25, 0.3) is 0 Å². The van der Waals surface area contributed by atoms with Gasteiger partial charge in [0.15, 0.2) is 0 Å². The Morgan fingerprint density at radius 3 is 2.79 bits per heavy atom. The number of rotatable bonds is 4. The summed E-state index contributed by atoms with van der Waals surface area (Å²) in [6, 6.07) is 1.92. The fourth-order valence-electron chi connectivity index (χ4n) is 3.38. The molecule has 0 aromatic carbocycles. The van der Waals surface area contributed by atoms with E-state index in [1.807, 2.05) is 38.7 Å². The zero-order valence-electron chi connectivity index (χ0n) is 14.7. The minimum atomic E-state index is -0.234. The first kappa shape index (κ1) is 16.7. The van der Waals surface area contributed by atoms with Crippen LogP contribution in [0.5, 0.6) is 0 Å². The van der Waals surface area contributed by atoms with Gasteiger partial charge in [0.05, 0.1) is 17.3 Å². The van der Waals surface area contributed by atoms with Crippen LogP contribution in [0.2, 0.25) is 0 Å². The second-order valence-corrected chi connectivity index (χ2v) is 6.41. The van der Waals surface area contributed by atoms with Gasteiger partial charge in [0.25, 0.3) is 0 Å². The number of ether oxygens (including phenoxy) is 1. The number of hydrogen-bond donors (Lipinski definition) is 1. The Balaban J connectivity index is 1.72. The van der Waals surface area contributed by atoms with Crippen molar-refractivity contribution in [2.24, 2.45) is 20.0 Å². The van der Waals surface area contributed by atoms with Crippen LogP contribution in [-0.4, -0.2) is 32.1 Å². The first-order valence-corrected chi connectivity index (χ1v) is 8.35. The molecule has 0 radical (unpaired) electrons. The number of carbonyl (C=O) groups excluding carboxylic acids is 1. The number of aromatic nitrogens is 4. The molecule has 1 aliphatic heterocycles. The van der Waals surface area contributed by atoms with Crippen molar-refractivity contribution in [1.82, 2.24) is 24.9 Å². The van der Waals surface area contributed by atoms with Gasteiger partial charge in [-0.15, -0.1) is 0 Å². The molecule has 0 unspecified atom stereocenters. The smallest absolute Gasteiger partial charge is 0.226 e.